The SMILES string of the molecule is C[C@H](NC(=O)c1ncc(CCCc2ccccc2)[nH]1)C(=O)NC1CC(=O)OC1OCc1ccccc1.N#N. The smallest absolute Gasteiger partial charge is 0.310 e. The summed E-state index contributed by atoms with van der Waals surface area (Å²) in [5.41, 5.74) is 3.04. The van der Waals surface area contributed by atoms with Gasteiger partial charge in [-0.15, -0.1) is 0 Å². The molecule has 198 valence electrons. The Morgan fingerprint density at radius 3 is 2.42 bits per heavy atom. The molecular formula is C27H30N6O5. The molecule has 2 aromatic carbocycles. The van der Waals surface area contributed by atoms with Crippen molar-refractivity contribution in [2.75, 3.05) is 0 Å². The first-order chi connectivity index (χ1) is 18.5. The number of H-pyrrole nitrogens is 1. The molecule has 1 aliphatic rings. The van der Waals surface area contributed by atoms with Crippen molar-refractivity contribution < 1.29 is 23.9 Å². The lowest BCUT2D eigenvalue weighted by Gasteiger charge is -2.21. The number of imidazole rings is 1. The van der Waals surface area contributed by atoms with Gasteiger partial charge >= 0.3 is 5.97 Å². The van der Waals surface area contributed by atoms with E-state index in [0.29, 0.717) is 0 Å². The minimum absolute atomic E-state index is 0.00358. The maximum atomic E-state index is 12.7. The summed E-state index contributed by atoms with van der Waals surface area (Å²) in [5.74, 6) is -1.24. The van der Waals surface area contributed by atoms with Crippen LogP contribution >= 0.6 is 0 Å². The second-order valence-corrected chi connectivity index (χ2v) is 8.77. The second kappa shape index (κ2) is 14.2. The zero-order valence-electron chi connectivity index (χ0n) is 21.0. The molecule has 2 heterocycles. The van der Waals surface area contributed by atoms with Crippen molar-refractivity contribution in [2.45, 2.75) is 57.6 Å². The topological polar surface area (TPSA) is 170 Å². The number of aromatic nitrogens is 2. The summed E-state index contributed by atoms with van der Waals surface area (Å²) in [7, 11) is 0. The van der Waals surface area contributed by atoms with Gasteiger partial charge in [0.05, 0.1) is 13.0 Å². The van der Waals surface area contributed by atoms with E-state index >= 15 is 0 Å². The third-order valence-corrected chi connectivity index (χ3v) is 5.89. The fourth-order valence-electron chi connectivity index (χ4n) is 3.92. The molecule has 3 aromatic rings. The molecule has 0 saturated carbocycles. The van der Waals surface area contributed by atoms with Crippen molar-refractivity contribution in [1.82, 2.24) is 20.6 Å². The number of carbonyl (C=O) groups excluding carboxylic acids is 3. The quantitative estimate of drug-likeness (QED) is 0.257. The van der Waals surface area contributed by atoms with Crippen LogP contribution in [0.1, 0.15) is 47.2 Å². The highest BCUT2D eigenvalue weighted by atomic mass is 16.7. The molecule has 1 aliphatic heterocycles. The van der Waals surface area contributed by atoms with Crippen LogP contribution in [0.3, 0.4) is 0 Å². The van der Waals surface area contributed by atoms with Crippen LogP contribution in [-0.4, -0.2) is 46.1 Å². The van der Waals surface area contributed by atoms with E-state index in [4.69, 9.17) is 20.3 Å². The fraction of sp³-hybridized carbons (Fsp3) is 0.333. The number of hydrogen-bond acceptors (Lipinski definition) is 8. The normalized spacial score (nSPS) is 17.0. The highest BCUT2D eigenvalue weighted by Gasteiger charge is 2.37. The molecule has 0 aliphatic carbocycles. The van der Waals surface area contributed by atoms with Crippen LogP contribution in [0.5, 0.6) is 0 Å². The van der Waals surface area contributed by atoms with Gasteiger partial charge in [0.15, 0.2) is 5.82 Å². The molecule has 1 fully saturated rings. The molecule has 11 nitrogen and oxygen atoms in total. The molecule has 2 amide bonds. The van der Waals surface area contributed by atoms with Gasteiger partial charge in [0.25, 0.3) is 5.91 Å². The standard InChI is InChI=1S/C27H30N4O5.N2/c1-18(25(33)31-22-15-23(32)36-27(22)35-17-20-11-6-3-7-12-20)29-26(34)24-28-16-21(30-24)14-8-13-19-9-4-2-5-10-19;1-2/h2-7,9-12,16,18,22,27H,8,13-15,17H2,1H3,(H,28,30)(H,29,34)(H,31,33);/t18-,22?,27?;/m0./s1. The van der Waals surface area contributed by atoms with Crippen LogP contribution < -0.4 is 10.6 Å². The average Bonchev–Trinajstić information content (AvgIpc) is 3.56. The van der Waals surface area contributed by atoms with Gasteiger partial charge < -0.3 is 25.1 Å². The summed E-state index contributed by atoms with van der Waals surface area (Å²) in [6.45, 7) is 1.80. The number of aromatic amines is 1. The molecule has 0 spiro atoms. The summed E-state index contributed by atoms with van der Waals surface area (Å²) < 4.78 is 10.9. The van der Waals surface area contributed by atoms with E-state index in [-0.39, 0.29) is 18.9 Å². The minimum Gasteiger partial charge on any atom is -0.433 e. The Hall–Kier alpha value is -4.56. The van der Waals surface area contributed by atoms with Gasteiger partial charge in [-0.3, -0.25) is 14.4 Å². The van der Waals surface area contributed by atoms with Gasteiger partial charge in [-0.1, -0.05) is 60.7 Å². The van der Waals surface area contributed by atoms with Crippen LogP contribution in [0.15, 0.2) is 66.9 Å². The summed E-state index contributed by atoms with van der Waals surface area (Å²) >= 11 is 0. The molecule has 3 atom stereocenters. The van der Waals surface area contributed by atoms with Crippen LogP contribution in [0.25, 0.3) is 0 Å². The van der Waals surface area contributed by atoms with Crippen LogP contribution in [0.2, 0.25) is 0 Å². The zero-order chi connectivity index (χ0) is 27.3. The monoisotopic (exact) mass is 518 g/mol. The fourth-order valence-corrected chi connectivity index (χ4v) is 3.92. The third kappa shape index (κ3) is 8.25. The summed E-state index contributed by atoms with van der Waals surface area (Å²) in [6.07, 6.45) is 3.35. The predicted molar refractivity (Wildman–Crippen MR) is 135 cm³/mol. The Bertz CT molecular complexity index is 1210. The second-order valence-electron chi connectivity index (χ2n) is 8.77. The number of hydrogen-bond donors (Lipinski definition) is 3. The van der Waals surface area contributed by atoms with Crippen molar-refractivity contribution in [3.05, 3.63) is 89.5 Å². The molecule has 1 saturated heterocycles. The van der Waals surface area contributed by atoms with Crippen molar-refractivity contribution >= 4 is 17.8 Å². The number of amides is 2. The van der Waals surface area contributed by atoms with Gasteiger partial charge in [0.1, 0.15) is 12.1 Å². The van der Waals surface area contributed by atoms with E-state index in [1.165, 1.54) is 5.56 Å². The number of nitrogens with one attached hydrogen (secondary N) is 3. The van der Waals surface area contributed by atoms with E-state index < -0.39 is 36.2 Å². The Balaban J connectivity index is 0.00000195. The predicted octanol–water partition coefficient (Wildman–Crippen LogP) is 2.71. The van der Waals surface area contributed by atoms with Crippen LogP contribution in [0.4, 0.5) is 0 Å². The zero-order valence-corrected chi connectivity index (χ0v) is 21.0. The van der Waals surface area contributed by atoms with Gasteiger partial charge in [-0.25, -0.2) is 4.98 Å². The summed E-state index contributed by atoms with van der Waals surface area (Å²) in [4.78, 5) is 44.3. The summed E-state index contributed by atoms with van der Waals surface area (Å²) in [6, 6.07) is 18.1. The largest absolute Gasteiger partial charge is 0.433 e. The molecule has 3 N–H and O–H groups in total. The van der Waals surface area contributed by atoms with E-state index in [9.17, 15) is 14.4 Å². The van der Waals surface area contributed by atoms with E-state index in [2.05, 4.69) is 32.7 Å². The number of esters is 1. The van der Waals surface area contributed by atoms with Crippen LogP contribution in [0, 0.1) is 10.8 Å². The third-order valence-electron chi connectivity index (χ3n) is 5.89. The van der Waals surface area contributed by atoms with Crippen LogP contribution in [-0.2, 0) is 38.5 Å². The molecule has 11 heteroatoms. The highest BCUT2D eigenvalue weighted by molar-refractivity contribution is 5.95. The molecule has 0 radical (unpaired) electrons. The Labute approximate surface area is 220 Å². The lowest BCUT2D eigenvalue weighted by atomic mass is 10.1. The number of carbonyl (C=O) groups is 3. The Morgan fingerprint density at radius 2 is 1.74 bits per heavy atom. The summed E-state index contributed by atoms with van der Waals surface area (Å²) in [5, 5.41) is 17.4. The average molecular weight is 519 g/mol. The van der Waals surface area contributed by atoms with E-state index in [1.807, 2.05) is 48.5 Å². The van der Waals surface area contributed by atoms with Gasteiger partial charge in [0, 0.05) is 22.7 Å². The minimum atomic E-state index is -0.895. The highest BCUT2D eigenvalue weighted by Crippen LogP contribution is 2.18. The van der Waals surface area contributed by atoms with Crippen molar-refractivity contribution in [2.24, 2.45) is 0 Å². The molecule has 38 heavy (non-hydrogen) atoms. The maximum absolute atomic E-state index is 12.7. The lowest BCUT2D eigenvalue weighted by Crippen LogP contribution is -2.50. The molecule has 1 aromatic heterocycles. The molecule has 0 bridgehead atoms. The number of benzene rings is 2. The number of cyclic esters (lactones) is 1. The van der Waals surface area contributed by atoms with E-state index in [1.54, 1.807) is 13.1 Å². The first-order valence-corrected chi connectivity index (χ1v) is 12.2. The van der Waals surface area contributed by atoms with Crippen molar-refractivity contribution in [3.8, 4) is 0 Å². The molecule has 4 rings (SSSR count). The molecular weight excluding hydrogens is 488 g/mol. The number of nitrogens with zero attached hydrogens (tertiary/aromatic N) is 3. The van der Waals surface area contributed by atoms with Crippen molar-refractivity contribution in [1.29, 1.82) is 10.8 Å². The molecule has 2 unspecified atom stereocenters. The number of rotatable bonds is 11. The number of aryl methyl sites for hydroxylation is 2. The number of ether oxygens (including phenoxy) is 2. The maximum Gasteiger partial charge on any atom is 0.310 e. The van der Waals surface area contributed by atoms with E-state index in [0.717, 1.165) is 30.5 Å². The Morgan fingerprint density at radius 1 is 1.08 bits per heavy atom. The first kappa shape index (κ1) is 28.0. The lowest BCUT2D eigenvalue weighted by molar-refractivity contribution is -0.168. The Kier molecular flexibility index (Phi) is 10.5. The van der Waals surface area contributed by atoms with Gasteiger partial charge in [-0.05, 0) is 37.3 Å². The first-order valence-electron chi connectivity index (χ1n) is 12.2. The van der Waals surface area contributed by atoms with Gasteiger partial charge in [-0.2, -0.15) is 0 Å². The van der Waals surface area contributed by atoms with Crippen molar-refractivity contribution in [3.63, 3.8) is 0 Å². The van der Waals surface area contributed by atoms with Gasteiger partial charge in [0.2, 0.25) is 12.2 Å².